The van der Waals surface area contributed by atoms with Gasteiger partial charge in [0, 0.05) is 5.56 Å². The highest BCUT2D eigenvalue weighted by atomic mass is 16.5. The highest BCUT2D eigenvalue weighted by Gasteiger charge is 2.31. The minimum atomic E-state index is -0.181. The average molecular weight is 383 g/mol. The van der Waals surface area contributed by atoms with E-state index in [1.54, 1.807) is 14.2 Å². The summed E-state index contributed by atoms with van der Waals surface area (Å²) in [6.45, 7) is 3.90. The smallest absolute Gasteiger partial charge is 0.246 e. The standard InChI is InChI=1S/C23H29NO4/c1-15(24-22(25)14-28-16(2)17-8-6-5-7-9-17)19-12-20(26-3)23(18-10-11-18)21(13-19)27-4/h5-9,12-13,15-16,18H,10-11,14H2,1-4H3,(H,24,25)/t15-,16+/m1/s1. The molecule has 1 aliphatic rings. The molecule has 1 amide bonds. The van der Waals surface area contributed by atoms with Gasteiger partial charge in [-0.1, -0.05) is 30.3 Å². The summed E-state index contributed by atoms with van der Waals surface area (Å²) in [5.41, 5.74) is 3.13. The Bertz CT molecular complexity index is 776. The monoisotopic (exact) mass is 383 g/mol. The Hall–Kier alpha value is -2.53. The zero-order valence-electron chi connectivity index (χ0n) is 17.0. The zero-order chi connectivity index (χ0) is 20.1. The Kier molecular flexibility index (Phi) is 6.57. The molecule has 0 radical (unpaired) electrons. The van der Waals surface area contributed by atoms with Crippen LogP contribution in [0.4, 0.5) is 0 Å². The summed E-state index contributed by atoms with van der Waals surface area (Å²) in [6, 6.07) is 13.7. The van der Waals surface area contributed by atoms with Crippen molar-refractivity contribution < 1.29 is 19.0 Å². The Morgan fingerprint density at radius 3 is 2.18 bits per heavy atom. The summed E-state index contributed by atoms with van der Waals surface area (Å²) >= 11 is 0. The molecule has 0 bridgehead atoms. The van der Waals surface area contributed by atoms with Gasteiger partial charge in [0.15, 0.2) is 0 Å². The van der Waals surface area contributed by atoms with Crippen LogP contribution in [0.2, 0.25) is 0 Å². The zero-order valence-corrected chi connectivity index (χ0v) is 17.0. The van der Waals surface area contributed by atoms with Crippen molar-refractivity contribution in [3.63, 3.8) is 0 Å². The molecule has 28 heavy (non-hydrogen) atoms. The maximum Gasteiger partial charge on any atom is 0.246 e. The summed E-state index contributed by atoms with van der Waals surface area (Å²) in [4.78, 5) is 12.4. The predicted octanol–water partition coefficient (Wildman–Crippen LogP) is 4.54. The number of carbonyl (C=O) groups is 1. The minimum Gasteiger partial charge on any atom is -0.496 e. The molecular formula is C23H29NO4. The minimum absolute atomic E-state index is 0.00876. The fraction of sp³-hybridized carbons (Fsp3) is 0.435. The molecule has 2 aromatic carbocycles. The van der Waals surface area contributed by atoms with Crippen molar-refractivity contribution in [2.45, 2.75) is 44.8 Å². The number of nitrogens with one attached hydrogen (secondary N) is 1. The molecule has 1 aliphatic carbocycles. The highest BCUT2D eigenvalue weighted by Crippen LogP contribution is 2.49. The lowest BCUT2D eigenvalue weighted by Crippen LogP contribution is -2.30. The van der Waals surface area contributed by atoms with E-state index >= 15 is 0 Å². The predicted molar refractivity (Wildman–Crippen MR) is 109 cm³/mol. The molecule has 2 aromatic rings. The van der Waals surface area contributed by atoms with Gasteiger partial charge in [0.25, 0.3) is 0 Å². The maximum absolute atomic E-state index is 12.4. The number of amides is 1. The third-order valence-corrected chi connectivity index (χ3v) is 5.16. The van der Waals surface area contributed by atoms with Gasteiger partial charge in [-0.3, -0.25) is 4.79 Å². The van der Waals surface area contributed by atoms with Crippen LogP contribution < -0.4 is 14.8 Å². The molecule has 0 aliphatic heterocycles. The molecule has 150 valence electrons. The van der Waals surface area contributed by atoms with Gasteiger partial charge in [0.05, 0.1) is 26.4 Å². The normalized spacial score (nSPS) is 15.6. The van der Waals surface area contributed by atoms with Crippen LogP contribution in [0.5, 0.6) is 11.5 Å². The molecule has 5 heteroatoms. The molecule has 2 atom stereocenters. The van der Waals surface area contributed by atoms with Crippen molar-refractivity contribution in [1.82, 2.24) is 5.32 Å². The number of benzene rings is 2. The average Bonchev–Trinajstić information content (AvgIpc) is 3.56. The first-order chi connectivity index (χ1) is 13.5. The van der Waals surface area contributed by atoms with Crippen LogP contribution in [0, 0.1) is 0 Å². The van der Waals surface area contributed by atoms with E-state index in [4.69, 9.17) is 14.2 Å². The molecule has 3 rings (SSSR count). The molecule has 0 spiro atoms. The molecule has 0 unspecified atom stereocenters. The van der Waals surface area contributed by atoms with Gasteiger partial charge in [-0.05, 0) is 55.9 Å². The van der Waals surface area contributed by atoms with Gasteiger partial charge in [0.2, 0.25) is 5.91 Å². The molecular weight excluding hydrogens is 354 g/mol. The Balaban J connectivity index is 1.62. The summed E-state index contributed by atoms with van der Waals surface area (Å²) < 4.78 is 16.9. The van der Waals surface area contributed by atoms with Gasteiger partial charge >= 0.3 is 0 Å². The molecule has 1 N–H and O–H groups in total. The van der Waals surface area contributed by atoms with E-state index in [0.717, 1.165) is 41.0 Å². The van der Waals surface area contributed by atoms with Gasteiger partial charge < -0.3 is 19.5 Å². The van der Waals surface area contributed by atoms with E-state index in [-0.39, 0.29) is 24.7 Å². The van der Waals surface area contributed by atoms with Crippen LogP contribution in [0.3, 0.4) is 0 Å². The van der Waals surface area contributed by atoms with E-state index < -0.39 is 0 Å². The van der Waals surface area contributed by atoms with E-state index in [9.17, 15) is 4.79 Å². The summed E-state index contributed by atoms with van der Waals surface area (Å²) in [6.07, 6.45) is 2.19. The number of carbonyl (C=O) groups excluding carboxylic acids is 1. The van der Waals surface area contributed by atoms with Gasteiger partial charge in [-0.15, -0.1) is 0 Å². The molecule has 0 saturated heterocycles. The van der Waals surface area contributed by atoms with Crippen molar-refractivity contribution in [2.24, 2.45) is 0 Å². The quantitative estimate of drug-likeness (QED) is 0.691. The topological polar surface area (TPSA) is 56.8 Å². The Morgan fingerprint density at radius 1 is 1.04 bits per heavy atom. The first kappa shape index (κ1) is 20.2. The highest BCUT2D eigenvalue weighted by molar-refractivity contribution is 5.77. The molecule has 0 heterocycles. The fourth-order valence-electron chi connectivity index (χ4n) is 3.37. The van der Waals surface area contributed by atoms with Crippen molar-refractivity contribution in [1.29, 1.82) is 0 Å². The van der Waals surface area contributed by atoms with E-state index in [2.05, 4.69) is 5.32 Å². The lowest BCUT2D eigenvalue weighted by molar-refractivity contribution is -0.128. The molecule has 0 aromatic heterocycles. The number of hydrogen-bond donors (Lipinski definition) is 1. The summed E-state index contributed by atoms with van der Waals surface area (Å²) in [5.74, 6) is 2.01. The van der Waals surface area contributed by atoms with Crippen molar-refractivity contribution in [3.8, 4) is 11.5 Å². The summed E-state index contributed by atoms with van der Waals surface area (Å²) in [5, 5.41) is 2.99. The lowest BCUT2D eigenvalue weighted by atomic mass is 10.0. The van der Waals surface area contributed by atoms with Crippen LogP contribution >= 0.6 is 0 Å². The largest absolute Gasteiger partial charge is 0.496 e. The van der Waals surface area contributed by atoms with Crippen LogP contribution in [-0.4, -0.2) is 26.7 Å². The van der Waals surface area contributed by atoms with Crippen molar-refractivity contribution in [3.05, 3.63) is 59.2 Å². The first-order valence-corrected chi connectivity index (χ1v) is 9.75. The lowest BCUT2D eigenvalue weighted by Gasteiger charge is -2.20. The summed E-state index contributed by atoms with van der Waals surface area (Å²) in [7, 11) is 3.35. The van der Waals surface area contributed by atoms with E-state index in [1.165, 1.54) is 0 Å². The van der Waals surface area contributed by atoms with Gasteiger partial charge in [0.1, 0.15) is 18.1 Å². The SMILES string of the molecule is COc1cc([C@@H](C)NC(=O)CO[C@@H](C)c2ccccc2)cc(OC)c1C1CC1. The second-order valence-electron chi connectivity index (χ2n) is 7.27. The van der Waals surface area contributed by atoms with E-state index in [0.29, 0.717) is 5.92 Å². The van der Waals surface area contributed by atoms with Crippen LogP contribution in [0.15, 0.2) is 42.5 Å². The van der Waals surface area contributed by atoms with Crippen LogP contribution in [0.1, 0.15) is 61.4 Å². The fourth-order valence-corrected chi connectivity index (χ4v) is 3.37. The molecule has 1 fully saturated rings. The van der Waals surface area contributed by atoms with Gasteiger partial charge in [-0.2, -0.15) is 0 Å². The van der Waals surface area contributed by atoms with Crippen molar-refractivity contribution in [2.75, 3.05) is 20.8 Å². The van der Waals surface area contributed by atoms with Crippen molar-refractivity contribution >= 4 is 5.91 Å². The Morgan fingerprint density at radius 2 is 1.64 bits per heavy atom. The Labute approximate surface area is 167 Å². The first-order valence-electron chi connectivity index (χ1n) is 9.75. The number of hydrogen-bond acceptors (Lipinski definition) is 4. The number of ether oxygens (including phenoxy) is 3. The third-order valence-electron chi connectivity index (χ3n) is 5.16. The van der Waals surface area contributed by atoms with E-state index in [1.807, 2.05) is 56.3 Å². The van der Waals surface area contributed by atoms with Crippen LogP contribution in [0.25, 0.3) is 0 Å². The second-order valence-corrected chi connectivity index (χ2v) is 7.27. The maximum atomic E-state index is 12.4. The second kappa shape index (κ2) is 9.11. The number of rotatable bonds is 9. The van der Waals surface area contributed by atoms with Crippen LogP contribution in [-0.2, 0) is 9.53 Å². The van der Waals surface area contributed by atoms with Gasteiger partial charge in [-0.25, -0.2) is 0 Å². The number of methoxy groups -OCH3 is 2. The molecule has 1 saturated carbocycles. The third kappa shape index (κ3) is 4.84. The molecule has 5 nitrogen and oxygen atoms in total.